The molecule has 0 radical (unpaired) electrons. The molecule has 1 aliphatic carbocycles. The molecule has 1 saturated carbocycles. The van der Waals surface area contributed by atoms with Crippen molar-refractivity contribution in [2.75, 3.05) is 6.54 Å². The Hall–Kier alpha value is -1.81. The number of nitrogens with two attached hydrogens (primary N) is 1. The second-order valence-corrected chi connectivity index (χ2v) is 6.61. The van der Waals surface area contributed by atoms with Crippen molar-refractivity contribution in [1.82, 2.24) is 5.32 Å². The van der Waals surface area contributed by atoms with Crippen molar-refractivity contribution in [1.29, 1.82) is 0 Å². The van der Waals surface area contributed by atoms with Crippen LogP contribution < -0.4 is 11.1 Å². The first-order valence-electron chi connectivity index (χ1n) is 7.99. The van der Waals surface area contributed by atoms with Crippen molar-refractivity contribution in [3.05, 3.63) is 34.6 Å². The Kier molecular flexibility index (Phi) is 3.73. The number of carbonyl (C=O) groups is 1. The van der Waals surface area contributed by atoms with E-state index in [1.165, 1.54) is 0 Å². The third-order valence-electron chi connectivity index (χ3n) is 5.02. The van der Waals surface area contributed by atoms with Crippen molar-refractivity contribution in [3.8, 4) is 0 Å². The van der Waals surface area contributed by atoms with E-state index >= 15 is 0 Å². The average molecular weight is 300 g/mol. The van der Waals surface area contributed by atoms with Gasteiger partial charge in [-0.15, -0.1) is 0 Å². The minimum Gasteiger partial charge on any atom is -0.450 e. The molecular weight excluding hydrogens is 276 g/mol. The first kappa shape index (κ1) is 15.1. The Labute approximate surface area is 131 Å². The van der Waals surface area contributed by atoms with Crippen LogP contribution in [0.15, 0.2) is 16.5 Å². The van der Waals surface area contributed by atoms with Gasteiger partial charge in [0, 0.05) is 17.5 Å². The maximum absolute atomic E-state index is 12.7. The Morgan fingerprint density at radius 1 is 1.23 bits per heavy atom. The summed E-state index contributed by atoms with van der Waals surface area (Å²) >= 11 is 0. The summed E-state index contributed by atoms with van der Waals surface area (Å²) < 4.78 is 5.92. The van der Waals surface area contributed by atoms with E-state index in [-0.39, 0.29) is 11.4 Å². The molecule has 4 heteroatoms. The summed E-state index contributed by atoms with van der Waals surface area (Å²) in [5.41, 5.74) is 9.57. The third kappa shape index (κ3) is 2.31. The van der Waals surface area contributed by atoms with Crippen LogP contribution in [0.3, 0.4) is 0 Å². The number of aryl methyl sites for hydroxylation is 3. The SMILES string of the molecule is Cc1ccc(C)c2c(C)c(C(=O)NC3(CN)CCCC3)oc12. The first-order chi connectivity index (χ1) is 10.5. The lowest BCUT2D eigenvalue weighted by atomic mass is 9.97. The van der Waals surface area contributed by atoms with E-state index in [2.05, 4.69) is 11.4 Å². The molecule has 4 nitrogen and oxygen atoms in total. The summed E-state index contributed by atoms with van der Waals surface area (Å²) in [6, 6.07) is 4.10. The standard InChI is InChI=1S/C18H24N2O2/c1-11-6-7-12(2)15-14(11)13(3)16(22-15)17(21)20-18(10-19)8-4-5-9-18/h6-7H,4-5,8-10,19H2,1-3H3,(H,20,21). The van der Waals surface area contributed by atoms with E-state index in [0.717, 1.165) is 53.3 Å². The van der Waals surface area contributed by atoms with Crippen molar-refractivity contribution in [2.24, 2.45) is 5.73 Å². The van der Waals surface area contributed by atoms with Gasteiger partial charge in [0.05, 0.1) is 5.54 Å². The quantitative estimate of drug-likeness (QED) is 0.913. The van der Waals surface area contributed by atoms with Crippen LogP contribution in [0.2, 0.25) is 0 Å². The van der Waals surface area contributed by atoms with Gasteiger partial charge in [0.1, 0.15) is 5.58 Å². The van der Waals surface area contributed by atoms with E-state index < -0.39 is 0 Å². The minimum absolute atomic E-state index is 0.139. The Bertz CT molecular complexity index is 724. The maximum atomic E-state index is 12.7. The molecule has 1 aromatic heterocycles. The predicted molar refractivity (Wildman–Crippen MR) is 88.1 cm³/mol. The molecule has 0 bridgehead atoms. The summed E-state index contributed by atoms with van der Waals surface area (Å²) in [6.45, 7) is 6.49. The summed E-state index contributed by atoms with van der Waals surface area (Å²) in [7, 11) is 0. The zero-order valence-corrected chi connectivity index (χ0v) is 13.6. The van der Waals surface area contributed by atoms with Gasteiger partial charge >= 0.3 is 0 Å². The molecule has 3 rings (SSSR count). The lowest BCUT2D eigenvalue weighted by Crippen LogP contribution is -2.51. The zero-order valence-electron chi connectivity index (χ0n) is 13.6. The van der Waals surface area contributed by atoms with E-state index in [0.29, 0.717) is 12.3 Å². The van der Waals surface area contributed by atoms with Crippen LogP contribution in [-0.2, 0) is 0 Å². The van der Waals surface area contributed by atoms with Crippen LogP contribution in [0.25, 0.3) is 11.0 Å². The number of rotatable bonds is 3. The van der Waals surface area contributed by atoms with Gasteiger partial charge < -0.3 is 15.5 Å². The number of fused-ring (bicyclic) bond motifs is 1. The van der Waals surface area contributed by atoms with Crippen molar-refractivity contribution < 1.29 is 9.21 Å². The van der Waals surface area contributed by atoms with E-state index in [4.69, 9.17) is 10.2 Å². The third-order valence-corrected chi connectivity index (χ3v) is 5.02. The zero-order chi connectivity index (χ0) is 15.9. The van der Waals surface area contributed by atoms with Crippen LogP contribution in [0.1, 0.15) is 52.9 Å². The highest BCUT2D eigenvalue weighted by atomic mass is 16.3. The minimum atomic E-state index is -0.257. The van der Waals surface area contributed by atoms with Crippen LogP contribution in [-0.4, -0.2) is 18.0 Å². The van der Waals surface area contributed by atoms with E-state index in [1.807, 2.05) is 26.8 Å². The van der Waals surface area contributed by atoms with Gasteiger partial charge in [-0.3, -0.25) is 4.79 Å². The van der Waals surface area contributed by atoms with Crippen LogP contribution >= 0.6 is 0 Å². The largest absolute Gasteiger partial charge is 0.450 e. The monoisotopic (exact) mass is 300 g/mol. The lowest BCUT2D eigenvalue weighted by molar-refractivity contribution is 0.0876. The average Bonchev–Trinajstić information content (AvgIpc) is 3.09. The van der Waals surface area contributed by atoms with Gasteiger partial charge in [-0.05, 0) is 44.7 Å². The smallest absolute Gasteiger partial charge is 0.287 e. The molecule has 1 heterocycles. The lowest BCUT2D eigenvalue weighted by Gasteiger charge is -2.28. The van der Waals surface area contributed by atoms with E-state index in [9.17, 15) is 4.79 Å². The first-order valence-corrected chi connectivity index (χ1v) is 7.99. The topological polar surface area (TPSA) is 68.3 Å². The van der Waals surface area contributed by atoms with Gasteiger partial charge in [-0.2, -0.15) is 0 Å². The molecule has 1 aliphatic rings. The van der Waals surface area contributed by atoms with E-state index in [1.54, 1.807) is 0 Å². The van der Waals surface area contributed by atoms with Crippen molar-refractivity contribution in [3.63, 3.8) is 0 Å². The normalized spacial score (nSPS) is 17.1. The molecule has 118 valence electrons. The number of nitrogens with one attached hydrogen (secondary N) is 1. The number of hydrogen-bond donors (Lipinski definition) is 2. The molecule has 0 atom stereocenters. The predicted octanol–water partition coefficient (Wildman–Crippen LogP) is 3.36. The number of carbonyl (C=O) groups excluding carboxylic acids is 1. The molecule has 1 fully saturated rings. The number of furan rings is 1. The molecule has 22 heavy (non-hydrogen) atoms. The fourth-order valence-corrected chi connectivity index (χ4v) is 3.62. The maximum Gasteiger partial charge on any atom is 0.287 e. The van der Waals surface area contributed by atoms with Crippen LogP contribution in [0.4, 0.5) is 0 Å². The van der Waals surface area contributed by atoms with Crippen LogP contribution in [0, 0.1) is 20.8 Å². The van der Waals surface area contributed by atoms with Crippen molar-refractivity contribution >= 4 is 16.9 Å². The number of amides is 1. The van der Waals surface area contributed by atoms with Crippen LogP contribution in [0.5, 0.6) is 0 Å². The molecule has 1 aromatic carbocycles. The molecule has 3 N–H and O–H groups in total. The van der Waals surface area contributed by atoms with Gasteiger partial charge in [-0.1, -0.05) is 25.0 Å². The highest BCUT2D eigenvalue weighted by Crippen LogP contribution is 2.32. The molecule has 0 saturated heterocycles. The Morgan fingerprint density at radius 2 is 1.86 bits per heavy atom. The van der Waals surface area contributed by atoms with Gasteiger partial charge in [0.15, 0.2) is 5.76 Å². The summed E-state index contributed by atoms with van der Waals surface area (Å²) in [6.07, 6.45) is 4.14. The molecule has 1 amide bonds. The Morgan fingerprint density at radius 3 is 2.45 bits per heavy atom. The number of hydrogen-bond acceptors (Lipinski definition) is 3. The summed E-state index contributed by atoms with van der Waals surface area (Å²) in [4.78, 5) is 12.7. The van der Waals surface area contributed by atoms with Gasteiger partial charge in [0.2, 0.25) is 0 Å². The fourth-order valence-electron chi connectivity index (χ4n) is 3.62. The second-order valence-electron chi connectivity index (χ2n) is 6.61. The summed E-state index contributed by atoms with van der Waals surface area (Å²) in [5, 5.41) is 4.20. The summed E-state index contributed by atoms with van der Waals surface area (Å²) in [5.74, 6) is 0.284. The highest BCUT2D eigenvalue weighted by Gasteiger charge is 2.35. The van der Waals surface area contributed by atoms with Crippen molar-refractivity contribution in [2.45, 2.75) is 52.0 Å². The molecule has 0 unspecified atom stereocenters. The molecule has 0 aliphatic heterocycles. The van der Waals surface area contributed by atoms with Gasteiger partial charge in [-0.25, -0.2) is 0 Å². The van der Waals surface area contributed by atoms with Gasteiger partial charge in [0.25, 0.3) is 5.91 Å². The molecule has 2 aromatic rings. The molecular formula is C18H24N2O2. The molecule has 0 spiro atoms. The highest BCUT2D eigenvalue weighted by molar-refractivity contribution is 6.00. The second kappa shape index (κ2) is 5.43. The Balaban J connectivity index is 2.00. The number of benzene rings is 1. The fraction of sp³-hybridized carbons (Fsp3) is 0.500.